The van der Waals surface area contributed by atoms with Crippen LogP contribution in [0.15, 0.2) is 52.3 Å². The zero-order chi connectivity index (χ0) is 15.5. The summed E-state index contributed by atoms with van der Waals surface area (Å²) in [6.07, 6.45) is 2.28. The summed E-state index contributed by atoms with van der Waals surface area (Å²) in [5, 5.41) is 11.9. The van der Waals surface area contributed by atoms with E-state index in [2.05, 4.69) is 4.90 Å². The van der Waals surface area contributed by atoms with Crippen LogP contribution in [0.2, 0.25) is 5.02 Å². The van der Waals surface area contributed by atoms with E-state index in [0.717, 1.165) is 41.4 Å². The van der Waals surface area contributed by atoms with E-state index >= 15 is 0 Å². The van der Waals surface area contributed by atoms with E-state index in [1.165, 1.54) is 11.8 Å². The van der Waals surface area contributed by atoms with Crippen molar-refractivity contribution in [3.8, 4) is 0 Å². The van der Waals surface area contributed by atoms with Gasteiger partial charge in [0.2, 0.25) is 0 Å². The van der Waals surface area contributed by atoms with Gasteiger partial charge in [0.25, 0.3) is 5.69 Å². The molecule has 114 valence electrons. The lowest BCUT2D eigenvalue weighted by atomic mass is 10.2. The third-order valence-corrected chi connectivity index (χ3v) is 4.84. The first-order chi connectivity index (χ1) is 10.6. The van der Waals surface area contributed by atoms with E-state index in [4.69, 9.17) is 11.6 Å². The van der Waals surface area contributed by atoms with Crippen molar-refractivity contribution in [3.05, 3.63) is 57.6 Å². The quantitative estimate of drug-likeness (QED) is 0.583. The topological polar surface area (TPSA) is 46.4 Å². The first-order valence-corrected chi connectivity index (χ1v) is 8.29. The van der Waals surface area contributed by atoms with Gasteiger partial charge < -0.3 is 4.90 Å². The number of hydrogen-bond donors (Lipinski definition) is 0. The molecule has 1 aliphatic rings. The van der Waals surface area contributed by atoms with E-state index in [0.29, 0.717) is 5.02 Å². The van der Waals surface area contributed by atoms with Crippen LogP contribution < -0.4 is 4.90 Å². The second-order valence-corrected chi connectivity index (χ2v) is 6.78. The number of nitrogens with zero attached hydrogens (tertiary/aromatic N) is 2. The summed E-state index contributed by atoms with van der Waals surface area (Å²) in [7, 11) is 0. The van der Waals surface area contributed by atoms with Gasteiger partial charge in [0.05, 0.1) is 4.92 Å². The lowest BCUT2D eigenvalue weighted by Gasteiger charge is -2.18. The molecule has 3 rings (SSSR count). The minimum atomic E-state index is -0.328. The summed E-state index contributed by atoms with van der Waals surface area (Å²) in [6.45, 7) is 1.93. The van der Waals surface area contributed by atoms with E-state index in [1.807, 2.05) is 30.3 Å². The van der Waals surface area contributed by atoms with Crippen LogP contribution in [-0.2, 0) is 0 Å². The fraction of sp³-hybridized carbons (Fsp3) is 0.250. The van der Waals surface area contributed by atoms with Gasteiger partial charge >= 0.3 is 0 Å². The van der Waals surface area contributed by atoms with Crippen LogP contribution in [0, 0.1) is 10.1 Å². The van der Waals surface area contributed by atoms with Crippen molar-refractivity contribution in [2.75, 3.05) is 18.0 Å². The molecule has 0 aliphatic carbocycles. The largest absolute Gasteiger partial charge is 0.371 e. The maximum Gasteiger partial charge on any atom is 0.272 e. The van der Waals surface area contributed by atoms with Gasteiger partial charge in [-0.05, 0) is 43.2 Å². The molecule has 2 aromatic carbocycles. The van der Waals surface area contributed by atoms with Crippen LogP contribution in [-0.4, -0.2) is 18.0 Å². The summed E-state index contributed by atoms with van der Waals surface area (Å²) < 4.78 is 0. The van der Waals surface area contributed by atoms with Gasteiger partial charge in [-0.3, -0.25) is 10.1 Å². The number of anilines is 1. The first kappa shape index (κ1) is 15.2. The van der Waals surface area contributed by atoms with Crippen LogP contribution in [0.1, 0.15) is 12.8 Å². The van der Waals surface area contributed by atoms with E-state index in [-0.39, 0.29) is 10.6 Å². The Bertz CT molecular complexity index is 685. The van der Waals surface area contributed by atoms with Crippen molar-refractivity contribution >= 4 is 34.7 Å². The average molecular weight is 335 g/mol. The number of rotatable bonds is 4. The Hall–Kier alpha value is -1.72. The number of non-ortho nitro benzene ring substituents is 1. The summed E-state index contributed by atoms with van der Waals surface area (Å²) in [5.74, 6) is 0. The fourth-order valence-corrected chi connectivity index (χ4v) is 3.56. The zero-order valence-corrected chi connectivity index (χ0v) is 13.4. The minimum absolute atomic E-state index is 0.140. The normalized spacial score (nSPS) is 14.3. The molecule has 0 radical (unpaired) electrons. The third-order valence-electron chi connectivity index (χ3n) is 3.61. The molecule has 1 fully saturated rings. The number of benzene rings is 2. The molecule has 4 nitrogen and oxygen atoms in total. The Morgan fingerprint density at radius 1 is 1.05 bits per heavy atom. The highest BCUT2D eigenvalue weighted by Gasteiger charge is 2.17. The number of nitro benzene ring substituents is 1. The van der Waals surface area contributed by atoms with Gasteiger partial charge in [-0.2, -0.15) is 0 Å². The summed E-state index contributed by atoms with van der Waals surface area (Å²) in [6, 6.07) is 12.8. The molecule has 0 saturated carbocycles. The summed E-state index contributed by atoms with van der Waals surface area (Å²) >= 11 is 7.40. The van der Waals surface area contributed by atoms with Crippen molar-refractivity contribution in [1.82, 2.24) is 0 Å². The van der Waals surface area contributed by atoms with Gasteiger partial charge in [-0.25, -0.2) is 0 Å². The smallest absolute Gasteiger partial charge is 0.272 e. The molecule has 6 heteroatoms. The molecule has 2 aromatic rings. The highest BCUT2D eigenvalue weighted by molar-refractivity contribution is 7.99. The number of nitro groups is 1. The van der Waals surface area contributed by atoms with Crippen LogP contribution in [0.25, 0.3) is 0 Å². The highest BCUT2D eigenvalue weighted by atomic mass is 35.5. The molecular weight excluding hydrogens is 320 g/mol. The molecule has 0 unspecified atom stereocenters. The highest BCUT2D eigenvalue weighted by Crippen LogP contribution is 2.35. The van der Waals surface area contributed by atoms with Crippen molar-refractivity contribution in [1.29, 1.82) is 0 Å². The molecule has 1 aliphatic heterocycles. The molecule has 0 atom stereocenters. The zero-order valence-electron chi connectivity index (χ0n) is 11.9. The molecule has 0 spiro atoms. The Morgan fingerprint density at radius 2 is 1.73 bits per heavy atom. The fourth-order valence-electron chi connectivity index (χ4n) is 2.53. The molecular formula is C16H15ClN2O2S. The SMILES string of the molecule is O=[N+]([O-])c1cc(Sc2ccc(Cl)cc2)cc(N2CCCC2)c1. The summed E-state index contributed by atoms with van der Waals surface area (Å²) in [5.41, 5.74) is 1.07. The Balaban J connectivity index is 1.91. The molecule has 1 heterocycles. The van der Waals surface area contributed by atoms with Crippen LogP contribution in [0.4, 0.5) is 11.4 Å². The van der Waals surface area contributed by atoms with Crippen molar-refractivity contribution in [2.24, 2.45) is 0 Å². The third kappa shape index (κ3) is 3.54. The predicted octanol–water partition coefficient (Wildman–Crippen LogP) is 5.00. The van der Waals surface area contributed by atoms with Gasteiger partial charge in [0.1, 0.15) is 0 Å². The minimum Gasteiger partial charge on any atom is -0.371 e. The molecule has 0 N–H and O–H groups in total. The standard InChI is InChI=1S/C16H15ClN2O2S/c17-12-3-5-15(6-4-12)22-16-10-13(18-7-1-2-8-18)9-14(11-16)19(20)21/h3-6,9-11H,1-2,7-8H2. The second-order valence-electron chi connectivity index (χ2n) is 5.19. The second kappa shape index (κ2) is 6.58. The first-order valence-electron chi connectivity index (χ1n) is 7.10. The van der Waals surface area contributed by atoms with Gasteiger partial charge in [0.15, 0.2) is 0 Å². The summed E-state index contributed by atoms with van der Waals surface area (Å²) in [4.78, 5) is 14.9. The van der Waals surface area contributed by atoms with Gasteiger partial charge in [0, 0.05) is 45.7 Å². The Morgan fingerprint density at radius 3 is 2.36 bits per heavy atom. The molecule has 0 amide bonds. The van der Waals surface area contributed by atoms with Crippen LogP contribution in [0.3, 0.4) is 0 Å². The lowest BCUT2D eigenvalue weighted by Crippen LogP contribution is -2.17. The van der Waals surface area contributed by atoms with E-state index in [1.54, 1.807) is 12.1 Å². The average Bonchev–Trinajstić information content (AvgIpc) is 3.04. The molecule has 22 heavy (non-hydrogen) atoms. The lowest BCUT2D eigenvalue weighted by molar-refractivity contribution is -0.385. The maximum atomic E-state index is 11.2. The van der Waals surface area contributed by atoms with Crippen LogP contribution in [0.5, 0.6) is 0 Å². The number of hydrogen-bond acceptors (Lipinski definition) is 4. The Labute approximate surface area is 138 Å². The molecule has 0 aromatic heterocycles. The van der Waals surface area contributed by atoms with Crippen molar-refractivity contribution < 1.29 is 4.92 Å². The predicted molar refractivity (Wildman–Crippen MR) is 90.1 cm³/mol. The van der Waals surface area contributed by atoms with E-state index < -0.39 is 0 Å². The van der Waals surface area contributed by atoms with E-state index in [9.17, 15) is 10.1 Å². The monoisotopic (exact) mass is 334 g/mol. The number of halogens is 1. The van der Waals surface area contributed by atoms with Gasteiger partial charge in [-0.1, -0.05) is 23.4 Å². The molecule has 1 saturated heterocycles. The van der Waals surface area contributed by atoms with Gasteiger partial charge in [-0.15, -0.1) is 0 Å². The van der Waals surface area contributed by atoms with Crippen molar-refractivity contribution in [3.63, 3.8) is 0 Å². The van der Waals surface area contributed by atoms with Crippen molar-refractivity contribution in [2.45, 2.75) is 22.6 Å². The van der Waals surface area contributed by atoms with Crippen LogP contribution >= 0.6 is 23.4 Å². The molecule has 0 bridgehead atoms. The Kier molecular flexibility index (Phi) is 4.55. The maximum absolute atomic E-state index is 11.2.